The van der Waals surface area contributed by atoms with Crippen molar-refractivity contribution in [3.63, 3.8) is 0 Å². The zero-order chi connectivity index (χ0) is 23.3. The van der Waals surface area contributed by atoms with Crippen LogP contribution in [-0.4, -0.2) is 16.7 Å². The average Bonchev–Trinajstić information content (AvgIpc) is 2.77. The maximum absolute atomic E-state index is 11.0. The van der Waals surface area contributed by atoms with Crippen LogP contribution in [0.25, 0.3) is 0 Å². The van der Waals surface area contributed by atoms with E-state index >= 15 is 0 Å². The Balaban J connectivity index is 1.97. The third-order valence-electron chi connectivity index (χ3n) is 5.77. The fourth-order valence-corrected chi connectivity index (χ4v) is 4.43. The Bertz CT molecular complexity index is 1080. The minimum absolute atomic E-state index is 0.0349. The van der Waals surface area contributed by atoms with E-state index in [0.717, 1.165) is 23.1 Å². The predicted molar refractivity (Wildman–Crippen MR) is 132 cm³/mol. The molecule has 0 aromatic heterocycles. The van der Waals surface area contributed by atoms with Gasteiger partial charge in [0.05, 0.1) is 23.3 Å². The maximum atomic E-state index is 11.0. The van der Waals surface area contributed by atoms with Gasteiger partial charge in [0.25, 0.3) is 0 Å². The number of aliphatic hydroxyl groups is 1. The first kappa shape index (κ1) is 24.3. The molecule has 3 nitrogen and oxygen atoms in total. The molecule has 166 valence electrons. The van der Waals surface area contributed by atoms with E-state index in [1.54, 1.807) is 13.8 Å². The summed E-state index contributed by atoms with van der Waals surface area (Å²) in [5, 5.41) is 25.3. The zero-order valence-corrected chi connectivity index (χ0v) is 20.0. The normalized spacial score (nSPS) is 14.4. The largest absolute Gasteiger partial charge is 0.388 e. The third-order valence-corrected chi connectivity index (χ3v) is 6.36. The molecule has 32 heavy (non-hydrogen) atoms. The van der Waals surface area contributed by atoms with Crippen LogP contribution in [0.2, 0.25) is 10.0 Å². The van der Waals surface area contributed by atoms with Gasteiger partial charge in [0.2, 0.25) is 0 Å². The first-order chi connectivity index (χ1) is 15.2. The van der Waals surface area contributed by atoms with Gasteiger partial charge in [-0.05, 0) is 74.2 Å². The highest BCUT2D eigenvalue weighted by Crippen LogP contribution is 2.34. The molecule has 2 unspecified atom stereocenters. The number of rotatable bonds is 8. The summed E-state index contributed by atoms with van der Waals surface area (Å²) in [6.07, 6.45) is 0.751. The molecule has 0 radical (unpaired) electrons. The second-order valence-corrected chi connectivity index (χ2v) is 9.58. The van der Waals surface area contributed by atoms with Crippen LogP contribution in [0.3, 0.4) is 0 Å². The van der Waals surface area contributed by atoms with Gasteiger partial charge in [0.15, 0.2) is 0 Å². The summed E-state index contributed by atoms with van der Waals surface area (Å²) in [5.74, 6) is 0.0526. The quantitative estimate of drug-likeness (QED) is 0.389. The van der Waals surface area contributed by atoms with Crippen molar-refractivity contribution in [1.29, 1.82) is 5.26 Å². The molecule has 0 aliphatic carbocycles. The van der Waals surface area contributed by atoms with Gasteiger partial charge in [0, 0.05) is 22.0 Å². The molecule has 3 rings (SSSR count). The second-order valence-electron chi connectivity index (χ2n) is 8.74. The lowest BCUT2D eigenvalue weighted by Crippen LogP contribution is -2.45. The van der Waals surface area contributed by atoms with E-state index in [0.29, 0.717) is 15.6 Å². The summed E-state index contributed by atoms with van der Waals surface area (Å²) < 4.78 is 0. The number of nitriles is 1. The Kier molecular flexibility index (Phi) is 7.98. The molecule has 0 aliphatic heterocycles. The average molecular weight is 467 g/mol. The van der Waals surface area contributed by atoms with Gasteiger partial charge in [0.1, 0.15) is 0 Å². The van der Waals surface area contributed by atoms with Crippen molar-refractivity contribution < 1.29 is 5.11 Å². The van der Waals surface area contributed by atoms with E-state index in [-0.39, 0.29) is 18.0 Å². The SMILES string of the molecule is CC(N[C@@H](c1ccccc1Cl)C(C)(C)O)C(Cc1ccc(Cl)cc1)c1cccc(C#N)c1. The van der Waals surface area contributed by atoms with Crippen molar-refractivity contribution in [3.05, 3.63) is 105 Å². The maximum Gasteiger partial charge on any atom is 0.0991 e. The van der Waals surface area contributed by atoms with E-state index in [1.807, 2.05) is 72.8 Å². The fraction of sp³-hybridized carbons (Fsp3) is 0.296. The molecule has 0 saturated heterocycles. The molecule has 2 N–H and O–H groups in total. The van der Waals surface area contributed by atoms with Crippen LogP contribution in [0.5, 0.6) is 0 Å². The second kappa shape index (κ2) is 10.5. The van der Waals surface area contributed by atoms with Gasteiger partial charge >= 0.3 is 0 Å². The molecule has 0 amide bonds. The van der Waals surface area contributed by atoms with Gasteiger partial charge in [-0.2, -0.15) is 5.26 Å². The first-order valence-electron chi connectivity index (χ1n) is 10.7. The molecule has 3 aromatic rings. The van der Waals surface area contributed by atoms with Gasteiger partial charge in [-0.3, -0.25) is 0 Å². The summed E-state index contributed by atoms with van der Waals surface area (Å²) in [4.78, 5) is 0. The molecule has 0 aliphatic rings. The Hall–Kier alpha value is -2.35. The molecule has 0 fully saturated rings. The monoisotopic (exact) mass is 466 g/mol. The van der Waals surface area contributed by atoms with Crippen LogP contribution in [-0.2, 0) is 6.42 Å². The summed E-state index contributed by atoms with van der Waals surface area (Å²) in [7, 11) is 0. The van der Waals surface area contributed by atoms with E-state index in [1.165, 1.54) is 0 Å². The van der Waals surface area contributed by atoms with Crippen molar-refractivity contribution in [2.75, 3.05) is 0 Å². The third kappa shape index (κ3) is 6.12. The van der Waals surface area contributed by atoms with Crippen LogP contribution in [0, 0.1) is 11.3 Å². The molecule has 0 saturated carbocycles. The smallest absolute Gasteiger partial charge is 0.0991 e. The summed E-state index contributed by atoms with van der Waals surface area (Å²) in [6, 6.07) is 24.9. The predicted octanol–water partition coefficient (Wildman–Crippen LogP) is 6.68. The Morgan fingerprint density at radius 3 is 2.31 bits per heavy atom. The van der Waals surface area contributed by atoms with Crippen molar-refractivity contribution in [1.82, 2.24) is 5.32 Å². The van der Waals surface area contributed by atoms with Gasteiger partial charge in [-0.15, -0.1) is 0 Å². The highest BCUT2D eigenvalue weighted by Gasteiger charge is 2.33. The first-order valence-corrected chi connectivity index (χ1v) is 11.4. The number of nitrogens with zero attached hydrogens (tertiary/aromatic N) is 1. The zero-order valence-electron chi connectivity index (χ0n) is 18.5. The van der Waals surface area contributed by atoms with E-state index in [9.17, 15) is 10.4 Å². The summed E-state index contributed by atoms with van der Waals surface area (Å²) >= 11 is 12.6. The van der Waals surface area contributed by atoms with Crippen LogP contribution < -0.4 is 5.32 Å². The van der Waals surface area contributed by atoms with Crippen LogP contribution in [0.4, 0.5) is 0 Å². The molecule has 0 bridgehead atoms. The minimum atomic E-state index is -1.04. The summed E-state index contributed by atoms with van der Waals surface area (Å²) in [6.45, 7) is 5.67. The molecule has 3 atom stereocenters. The standard InChI is InChI=1S/C27H28Cl2N2O/c1-18(31-26(27(2,3)32)23-9-4-5-10-25(23)29)24(16-19-11-13-22(28)14-12-19)21-8-6-7-20(15-21)17-30/h4-15,18,24,26,31-32H,16H2,1-3H3/t18?,24?,26-/m0/s1. The van der Waals surface area contributed by atoms with Crippen molar-refractivity contribution in [3.8, 4) is 6.07 Å². The topological polar surface area (TPSA) is 56.0 Å². The van der Waals surface area contributed by atoms with Crippen LogP contribution in [0.15, 0.2) is 72.8 Å². The Morgan fingerprint density at radius 1 is 1.00 bits per heavy atom. The Morgan fingerprint density at radius 2 is 1.69 bits per heavy atom. The van der Waals surface area contributed by atoms with Crippen molar-refractivity contribution in [2.24, 2.45) is 0 Å². The number of hydrogen-bond acceptors (Lipinski definition) is 3. The molecule has 5 heteroatoms. The number of nitrogens with one attached hydrogen (secondary N) is 1. The van der Waals surface area contributed by atoms with Gasteiger partial charge < -0.3 is 10.4 Å². The molecule has 0 spiro atoms. The minimum Gasteiger partial charge on any atom is -0.388 e. The van der Waals surface area contributed by atoms with Crippen molar-refractivity contribution >= 4 is 23.2 Å². The number of hydrogen-bond donors (Lipinski definition) is 2. The highest BCUT2D eigenvalue weighted by atomic mass is 35.5. The van der Waals surface area contributed by atoms with Crippen molar-refractivity contribution in [2.45, 2.75) is 50.8 Å². The summed E-state index contributed by atoms with van der Waals surface area (Å²) in [5.41, 5.74) is 2.64. The number of benzene rings is 3. The van der Waals surface area contributed by atoms with E-state index in [4.69, 9.17) is 23.2 Å². The van der Waals surface area contributed by atoms with Gasteiger partial charge in [-0.1, -0.05) is 65.7 Å². The van der Waals surface area contributed by atoms with E-state index < -0.39 is 5.60 Å². The molecule has 3 aromatic carbocycles. The van der Waals surface area contributed by atoms with Crippen LogP contribution in [0.1, 0.15) is 55.0 Å². The molecular weight excluding hydrogens is 439 g/mol. The molecule has 0 heterocycles. The fourth-order valence-electron chi connectivity index (χ4n) is 4.06. The van der Waals surface area contributed by atoms with E-state index in [2.05, 4.69) is 18.3 Å². The Labute approximate surface area is 200 Å². The lowest BCUT2D eigenvalue weighted by Gasteiger charge is -2.36. The lowest BCUT2D eigenvalue weighted by atomic mass is 9.83. The molecular formula is C27H28Cl2N2O. The number of halogens is 2. The highest BCUT2D eigenvalue weighted by molar-refractivity contribution is 6.31. The van der Waals surface area contributed by atoms with Crippen LogP contribution >= 0.6 is 23.2 Å². The van der Waals surface area contributed by atoms with Gasteiger partial charge in [-0.25, -0.2) is 0 Å². The lowest BCUT2D eigenvalue weighted by molar-refractivity contribution is 0.0317.